The van der Waals surface area contributed by atoms with E-state index in [9.17, 15) is 22.4 Å². The van der Waals surface area contributed by atoms with Crippen LogP contribution in [0.5, 0.6) is 11.5 Å². The fraction of sp³-hybridized carbons (Fsp3) is 0.409. The van der Waals surface area contributed by atoms with Gasteiger partial charge >= 0.3 is 12.3 Å². The van der Waals surface area contributed by atoms with E-state index in [1.54, 1.807) is 20.8 Å². The van der Waals surface area contributed by atoms with Gasteiger partial charge in [0.1, 0.15) is 29.5 Å². The highest BCUT2D eigenvalue weighted by Gasteiger charge is 2.32. The number of rotatable bonds is 6. The SMILES string of the molecule is CC(C)(C)OC(=O)c1cc(C2CC2)c(COc2cc(Cl)cc(OC(F)(F)F)c2)cc1F. The number of halogens is 5. The summed E-state index contributed by atoms with van der Waals surface area (Å²) in [5.41, 5.74) is 0.305. The monoisotopic (exact) mass is 460 g/mol. The van der Waals surface area contributed by atoms with Crippen molar-refractivity contribution >= 4 is 17.6 Å². The van der Waals surface area contributed by atoms with Crippen molar-refractivity contribution in [1.82, 2.24) is 0 Å². The largest absolute Gasteiger partial charge is 0.573 e. The second-order valence-electron chi connectivity index (χ2n) is 8.27. The molecule has 2 aromatic carbocycles. The minimum absolute atomic E-state index is 0.00868. The van der Waals surface area contributed by atoms with Crippen molar-refractivity contribution in [3.63, 3.8) is 0 Å². The van der Waals surface area contributed by atoms with Crippen molar-refractivity contribution in [2.24, 2.45) is 0 Å². The Labute approximate surface area is 182 Å². The van der Waals surface area contributed by atoms with Gasteiger partial charge in [-0.15, -0.1) is 13.2 Å². The van der Waals surface area contributed by atoms with Gasteiger partial charge in [-0.1, -0.05) is 11.6 Å². The molecule has 4 nitrogen and oxygen atoms in total. The molecule has 9 heteroatoms. The van der Waals surface area contributed by atoms with Crippen LogP contribution in [-0.2, 0) is 11.3 Å². The number of benzene rings is 2. The molecular weight excluding hydrogens is 440 g/mol. The number of esters is 1. The van der Waals surface area contributed by atoms with Crippen LogP contribution >= 0.6 is 11.6 Å². The number of carbonyl (C=O) groups excluding carboxylic acids is 1. The van der Waals surface area contributed by atoms with Crippen molar-refractivity contribution in [2.75, 3.05) is 0 Å². The Morgan fingerprint density at radius 1 is 1.06 bits per heavy atom. The Morgan fingerprint density at radius 3 is 2.29 bits per heavy atom. The van der Waals surface area contributed by atoms with Gasteiger partial charge in [0.2, 0.25) is 0 Å². The van der Waals surface area contributed by atoms with Crippen molar-refractivity contribution in [3.05, 3.63) is 57.9 Å². The van der Waals surface area contributed by atoms with Crippen LogP contribution in [-0.4, -0.2) is 17.9 Å². The lowest BCUT2D eigenvalue weighted by molar-refractivity contribution is -0.274. The maximum atomic E-state index is 14.7. The highest BCUT2D eigenvalue weighted by atomic mass is 35.5. The molecule has 0 heterocycles. The van der Waals surface area contributed by atoms with Crippen LogP contribution in [0.15, 0.2) is 30.3 Å². The lowest BCUT2D eigenvalue weighted by Gasteiger charge is -2.20. The second-order valence-corrected chi connectivity index (χ2v) is 8.70. The van der Waals surface area contributed by atoms with Gasteiger partial charge in [-0.3, -0.25) is 0 Å². The number of alkyl halides is 3. The summed E-state index contributed by atoms with van der Waals surface area (Å²) in [6.07, 6.45) is -3.11. The summed E-state index contributed by atoms with van der Waals surface area (Å²) in [5.74, 6) is -1.86. The Morgan fingerprint density at radius 2 is 1.71 bits per heavy atom. The molecule has 0 atom stereocenters. The van der Waals surface area contributed by atoms with Gasteiger partial charge in [0.25, 0.3) is 0 Å². The van der Waals surface area contributed by atoms with Gasteiger partial charge in [0.05, 0.1) is 5.56 Å². The molecule has 2 aromatic rings. The van der Waals surface area contributed by atoms with Crippen LogP contribution < -0.4 is 9.47 Å². The van der Waals surface area contributed by atoms with Crippen LogP contribution in [0.25, 0.3) is 0 Å². The number of hydrogen-bond acceptors (Lipinski definition) is 4. The van der Waals surface area contributed by atoms with E-state index in [2.05, 4.69) is 4.74 Å². The van der Waals surface area contributed by atoms with Gasteiger partial charge in [-0.2, -0.15) is 0 Å². The summed E-state index contributed by atoms with van der Waals surface area (Å²) in [6.45, 7) is 4.95. The van der Waals surface area contributed by atoms with E-state index >= 15 is 0 Å². The molecule has 0 bridgehead atoms. The fourth-order valence-electron chi connectivity index (χ4n) is 2.99. The van der Waals surface area contributed by atoms with Crippen LogP contribution in [0.1, 0.15) is 61.0 Å². The van der Waals surface area contributed by atoms with Crippen LogP contribution in [0.2, 0.25) is 5.02 Å². The lowest BCUT2D eigenvalue weighted by Crippen LogP contribution is -2.24. The second kappa shape index (κ2) is 8.57. The van der Waals surface area contributed by atoms with Gasteiger partial charge in [0, 0.05) is 11.1 Å². The quantitative estimate of drug-likeness (QED) is 0.351. The normalized spacial score (nSPS) is 14.3. The first-order chi connectivity index (χ1) is 14.3. The fourth-order valence-corrected chi connectivity index (χ4v) is 3.21. The molecule has 0 amide bonds. The Kier molecular flexibility index (Phi) is 6.41. The Balaban J connectivity index is 1.82. The average Bonchev–Trinajstić information content (AvgIpc) is 3.41. The maximum Gasteiger partial charge on any atom is 0.573 e. The predicted octanol–water partition coefficient (Wildman–Crippen LogP) is 6.79. The van der Waals surface area contributed by atoms with Crippen molar-refractivity contribution in [3.8, 4) is 11.5 Å². The molecule has 0 saturated heterocycles. The molecule has 31 heavy (non-hydrogen) atoms. The zero-order valence-corrected chi connectivity index (χ0v) is 17.9. The van der Waals surface area contributed by atoms with Crippen LogP contribution in [0.4, 0.5) is 17.6 Å². The molecular formula is C22H21ClF4O4. The minimum atomic E-state index is -4.87. The zero-order chi connectivity index (χ0) is 23.0. The number of carbonyl (C=O) groups is 1. The van der Waals surface area contributed by atoms with Crippen molar-refractivity contribution < 1.29 is 36.6 Å². The molecule has 168 valence electrons. The third-order valence-electron chi connectivity index (χ3n) is 4.34. The molecule has 0 aromatic heterocycles. The summed E-state index contributed by atoms with van der Waals surface area (Å²) in [7, 11) is 0. The highest BCUT2D eigenvalue weighted by molar-refractivity contribution is 6.30. The van der Waals surface area contributed by atoms with E-state index in [0.29, 0.717) is 5.56 Å². The van der Waals surface area contributed by atoms with Gasteiger partial charge in [-0.05, 0) is 74.9 Å². The molecule has 1 fully saturated rings. The average molecular weight is 461 g/mol. The summed E-state index contributed by atoms with van der Waals surface area (Å²) in [6, 6.07) is 6.04. The molecule has 0 unspecified atom stereocenters. The number of hydrogen-bond donors (Lipinski definition) is 0. The third-order valence-corrected chi connectivity index (χ3v) is 4.56. The molecule has 1 aliphatic rings. The number of ether oxygens (including phenoxy) is 3. The smallest absolute Gasteiger partial charge is 0.489 e. The van der Waals surface area contributed by atoms with E-state index in [1.165, 1.54) is 18.2 Å². The van der Waals surface area contributed by atoms with E-state index < -0.39 is 29.5 Å². The summed E-state index contributed by atoms with van der Waals surface area (Å²) in [4.78, 5) is 12.3. The van der Waals surface area contributed by atoms with Crippen molar-refractivity contribution in [2.45, 2.75) is 58.1 Å². The first-order valence-electron chi connectivity index (χ1n) is 9.55. The molecule has 0 aliphatic heterocycles. The minimum Gasteiger partial charge on any atom is -0.489 e. The molecule has 1 aliphatic carbocycles. The molecule has 3 rings (SSSR count). The molecule has 0 spiro atoms. The van der Waals surface area contributed by atoms with Gasteiger partial charge in [0.15, 0.2) is 0 Å². The summed E-state index contributed by atoms with van der Waals surface area (Å²) >= 11 is 5.85. The maximum absolute atomic E-state index is 14.7. The summed E-state index contributed by atoms with van der Waals surface area (Å²) in [5, 5.41) is -0.00868. The predicted molar refractivity (Wildman–Crippen MR) is 106 cm³/mol. The van der Waals surface area contributed by atoms with E-state index in [0.717, 1.165) is 30.5 Å². The topological polar surface area (TPSA) is 44.8 Å². The first kappa shape index (κ1) is 23.2. The van der Waals surface area contributed by atoms with Gasteiger partial charge < -0.3 is 14.2 Å². The molecule has 0 N–H and O–H groups in total. The third kappa shape index (κ3) is 6.75. The van der Waals surface area contributed by atoms with Gasteiger partial charge in [-0.25, -0.2) is 9.18 Å². The van der Waals surface area contributed by atoms with Crippen LogP contribution in [0.3, 0.4) is 0 Å². The van der Waals surface area contributed by atoms with E-state index in [-0.39, 0.29) is 28.9 Å². The highest BCUT2D eigenvalue weighted by Crippen LogP contribution is 2.43. The molecule has 0 radical (unpaired) electrons. The Hall–Kier alpha value is -2.48. The van der Waals surface area contributed by atoms with E-state index in [1.807, 2.05) is 0 Å². The van der Waals surface area contributed by atoms with Crippen molar-refractivity contribution in [1.29, 1.82) is 0 Å². The Bertz CT molecular complexity index is 979. The zero-order valence-electron chi connectivity index (χ0n) is 17.1. The molecule has 1 saturated carbocycles. The first-order valence-corrected chi connectivity index (χ1v) is 9.93. The lowest BCUT2D eigenvalue weighted by atomic mass is 9.99. The van der Waals surface area contributed by atoms with E-state index in [4.69, 9.17) is 21.1 Å². The summed E-state index contributed by atoms with van der Waals surface area (Å²) < 4.78 is 66.8. The van der Waals surface area contributed by atoms with Crippen LogP contribution in [0, 0.1) is 5.82 Å². The standard InChI is InChI=1S/C22H21ClF4O4/c1-21(2,3)31-20(28)18-10-17(12-4-5-12)13(6-19(18)24)11-29-15-7-14(23)8-16(9-15)30-22(25,26)27/h6-10,12H,4-5,11H2,1-3H3.